The first-order valence-electron chi connectivity index (χ1n) is 7.61. The van der Waals surface area contributed by atoms with Crippen molar-refractivity contribution in [2.45, 2.75) is 45.2 Å². The molecule has 2 unspecified atom stereocenters. The molecule has 0 bridgehead atoms. The average molecular weight is 300 g/mol. The molecular formula is C16H23F3N2. The molecule has 1 N–H and O–H groups in total. The highest BCUT2D eigenvalue weighted by atomic mass is 19.4. The van der Waals surface area contributed by atoms with E-state index in [4.69, 9.17) is 0 Å². The van der Waals surface area contributed by atoms with Crippen LogP contribution in [-0.4, -0.2) is 18.1 Å². The summed E-state index contributed by atoms with van der Waals surface area (Å²) in [7, 11) is 0. The van der Waals surface area contributed by atoms with Crippen molar-refractivity contribution < 1.29 is 13.2 Å². The third-order valence-electron chi connectivity index (χ3n) is 4.17. The Bertz CT molecular complexity index is 457. The lowest BCUT2D eigenvalue weighted by Crippen LogP contribution is -2.28. The fraction of sp³-hybridized carbons (Fsp3) is 0.688. The lowest BCUT2D eigenvalue weighted by atomic mass is 9.87. The lowest BCUT2D eigenvalue weighted by molar-refractivity contribution is -0.138. The number of halogens is 3. The molecule has 0 spiro atoms. The van der Waals surface area contributed by atoms with Gasteiger partial charge in [0.2, 0.25) is 0 Å². The molecule has 2 atom stereocenters. The van der Waals surface area contributed by atoms with Gasteiger partial charge in [-0.05, 0) is 55.3 Å². The van der Waals surface area contributed by atoms with E-state index in [9.17, 15) is 13.2 Å². The molecule has 118 valence electrons. The second-order valence-corrected chi connectivity index (χ2v) is 6.31. The van der Waals surface area contributed by atoms with Crippen LogP contribution in [0.15, 0.2) is 18.5 Å². The number of alkyl halides is 3. The Morgan fingerprint density at radius 2 is 2.10 bits per heavy atom. The molecule has 1 aliphatic rings. The highest BCUT2D eigenvalue weighted by molar-refractivity contribution is 5.31. The Labute approximate surface area is 124 Å². The SMILES string of the molecule is CC(C)CNCC1CCCC1c1cnccc1C(F)(F)F. The van der Waals surface area contributed by atoms with E-state index in [1.807, 2.05) is 0 Å². The second-order valence-electron chi connectivity index (χ2n) is 6.31. The zero-order valence-electron chi connectivity index (χ0n) is 12.6. The van der Waals surface area contributed by atoms with Crippen molar-refractivity contribution in [2.75, 3.05) is 13.1 Å². The third kappa shape index (κ3) is 4.19. The maximum Gasteiger partial charge on any atom is 0.416 e. The van der Waals surface area contributed by atoms with E-state index in [2.05, 4.69) is 24.1 Å². The number of pyridine rings is 1. The van der Waals surface area contributed by atoms with E-state index in [0.29, 0.717) is 11.5 Å². The fourth-order valence-corrected chi connectivity index (χ4v) is 3.21. The van der Waals surface area contributed by atoms with Crippen molar-refractivity contribution in [2.24, 2.45) is 11.8 Å². The van der Waals surface area contributed by atoms with Crippen LogP contribution in [0.4, 0.5) is 13.2 Å². The van der Waals surface area contributed by atoms with Crippen molar-refractivity contribution >= 4 is 0 Å². The van der Waals surface area contributed by atoms with Gasteiger partial charge in [-0.2, -0.15) is 13.2 Å². The smallest absolute Gasteiger partial charge is 0.316 e. The minimum atomic E-state index is -4.29. The summed E-state index contributed by atoms with van der Waals surface area (Å²) in [4.78, 5) is 3.93. The van der Waals surface area contributed by atoms with Crippen LogP contribution in [0.3, 0.4) is 0 Å². The Hall–Kier alpha value is -1.10. The minimum absolute atomic E-state index is 0.0324. The number of hydrogen-bond acceptors (Lipinski definition) is 2. The molecule has 1 aromatic heterocycles. The molecular weight excluding hydrogens is 277 g/mol. The topological polar surface area (TPSA) is 24.9 Å². The number of aromatic nitrogens is 1. The summed E-state index contributed by atoms with van der Waals surface area (Å²) in [5, 5.41) is 3.38. The largest absolute Gasteiger partial charge is 0.416 e. The molecule has 0 radical (unpaired) electrons. The Morgan fingerprint density at radius 1 is 1.33 bits per heavy atom. The second kappa shape index (κ2) is 6.77. The summed E-state index contributed by atoms with van der Waals surface area (Å²) in [6.45, 7) is 5.95. The summed E-state index contributed by atoms with van der Waals surface area (Å²) >= 11 is 0. The molecule has 1 fully saturated rings. The molecule has 1 heterocycles. The molecule has 2 rings (SSSR count). The lowest BCUT2D eigenvalue weighted by Gasteiger charge is -2.23. The molecule has 5 heteroatoms. The van der Waals surface area contributed by atoms with Crippen LogP contribution in [0.5, 0.6) is 0 Å². The molecule has 1 saturated carbocycles. The number of hydrogen-bond donors (Lipinski definition) is 1. The summed E-state index contributed by atoms with van der Waals surface area (Å²) in [5.41, 5.74) is -0.142. The highest BCUT2D eigenvalue weighted by Gasteiger charge is 2.38. The van der Waals surface area contributed by atoms with Crippen LogP contribution in [0, 0.1) is 11.8 Å². The Morgan fingerprint density at radius 3 is 2.76 bits per heavy atom. The van der Waals surface area contributed by atoms with Crippen molar-refractivity contribution in [3.8, 4) is 0 Å². The quantitative estimate of drug-likeness (QED) is 0.880. The summed E-state index contributed by atoms with van der Waals surface area (Å²) in [6, 6.07) is 1.10. The van der Waals surface area contributed by atoms with Crippen molar-refractivity contribution in [1.29, 1.82) is 0 Å². The average Bonchev–Trinajstić information content (AvgIpc) is 2.85. The molecule has 0 saturated heterocycles. The van der Waals surface area contributed by atoms with Crippen molar-refractivity contribution in [3.05, 3.63) is 29.6 Å². The third-order valence-corrected chi connectivity index (χ3v) is 4.17. The predicted molar refractivity (Wildman–Crippen MR) is 77.0 cm³/mol. The molecule has 2 nitrogen and oxygen atoms in total. The normalized spacial score (nSPS) is 23.0. The Balaban J connectivity index is 2.13. The number of nitrogens with one attached hydrogen (secondary N) is 1. The summed E-state index contributed by atoms with van der Waals surface area (Å²) < 4.78 is 39.4. The van der Waals surface area contributed by atoms with Gasteiger partial charge in [0.15, 0.2) is 0 Å². The maximum atomic E-state index is 13.1. The van der Waals surface area contributed by atoms with Gasteiger partial charge in [-0.25, -0.2) is 0 Å². The van der Waals surface area contributed by atoms with Gasteiger partial charge in [-0.15, -0.1) is 0 Å². The van der Waals surface area contributed by atoms with Gasteiger partial charge in [-0.3, -0.25) is 4.98 Å². The minimum Gasteiger partial charge on any atom is -0.316 e. The summed E-state index contributed by atoms with van der Waals surface area (Å²) in [5.74, 6) is 0.790. The first-order chi connectivity index (χ1) is 9.89. The first-order valence-corrected chi connectivity index (χ1v) is 7.61. The first kappa shape index (κ1) is 16.3. The van der Waals surface area contributed by atoms with Crippen LogP contribution < -0.4 is 5.32 Å². The molecule has 1 aromatic rings. The van der Waals surface area contributed by atoms with Gasteiger partial charge in [0.1, 0.15) is 0 Å². The van der Waals surface area contributed by atoms with Crippen LogP contribution >= 0.6 is 0 Å². The van der Waals surface area contributed by atoms with Gasteiger partial charge in [0.05, 0.1) is 5.56 Å². The number of nitrogens with zero attached hydrogens (tertiary/aromatic N) is 1. The zero-order valence-corrected chi connectivity index (χ0v) is 12.6. The molecule has 21 heavy (non-hydrogen) atoms. The standard InChI is InChI=1S/C16H23F3N2/c1-11(2)8-21-9-12-4-3-5-13(12)14-10-20-7-6-15(14)16(17,18)19/h6-7,10-13,21H,3-5,8-9H2,1-2H3. The van der Waals surface area contributed by atoms with Crippen molar-refractivity contribution in [3.63, 3.8) is 0 Å². The van der Waals surface area contributed by atoms with E-state index in [-0.39, 0.29) is 11.8 Å². The fourth-order valence-electron chi connectivity index (χ4n) is 3.21. The van der Waals surface area contributed by atoms with Gasteiger partial charge in [0.25, 0.3) is 0 Å². The van der Waals surface area contributed by atoms with Crippen molar-refractivity contribution in [1.82, 2.24) is 10.3 Å². The number of rotatable bonds is 5. The van der Waals surface area contributed by atoms with Gasteiger partial charge in [-0.1, -0.05) is 20.3 Å². The van der Waals surface area contributed by atoms with Crippen LogP contribution in [0.25, 0.3) is 0 Å². The van der Waals surface area contributed by atoms with Crippen LogP contribution in [0.1, 0.15) is 50.2 Å². The van der Waals surface area contributed by atoms with E-state index < -0.39 is 11.7 Å². The van der Waals surface area contributed by atoms with E-state index in [0.717, 1.165) is 38.4 Å². The monoisotopic (exact) mass is 300 g/mol. The molecule has 0 aliphatic heterocycles. The van der Waals surface area contributed by atoms with Gasteiger partial charge in [0, 0.05) is 12.4 Å². The van der Waals surface area contributed by atoms with E-state index >= 15 is 0 Å². The molecule has 0 aromatic carbocycles. The Kier molecular flexibility index (Phi) is 5.25. The van der Waals surface area contributed by atoms with Gasteiger partial charge < -0.3 is 5.32 Å². The molecule has 1 aliphatic carbocycles. The predicted octanol–water partition coefficient (Wildman–Crippen LogP) is 4.23. The van der Waals surface area contributed by atoms with E-state index in [1.54, 1.807) is 0 Å². The van der Waals surface area contributed by atoms with E-state index in [1.165, 1.54) is 12.4 Å². The summed E-state index contributed by atoms with van der Waals surface area (Å²) in [6.07, 6.45) is 1.15. The van der Waals surface area contributed by atoms with Crippen LogP contribution in [-0.2, 0) is 6.18 Å². The zero-order chi connectivity index (χ0) is 15.5. The molecule has 0 amide bonds. The maximum absolute atomic E-state index is 13.1. The highest BCUT2D eigenvalue weighted by Crippen LogP contribution is 2.44. The van der Waals surface area contributed by atoms with Gasteiger partial charge >= 0.3 is 6.18 Å². The van der Waals surface area contributed by atoms with Crippen LogP contribution in [0.2, 0.25) is 0 Å².